The molecule has 1 fully saturated rings. The van der Waals surface area contributed by atoms with Gasteiger partial charge in [-0.2, -0.15) is 0 Å². The van der Waals surface area contributed by atoms with Gasteiger partial charge in [0.2, 0.25) is 0 Å². The van der Waals surface area contributed by atoms with Crippen molar-refractivity contribution < 1.29 is 0 Å². The molecule has 2 rings (SSSR count). The van der Waals surface area contributed by atoms with E-state index >= 15 is 0 Å². The Bertz CT molecular complexity index is 372. The zero-order valence-electron chi connectivity index (χ0n) is 12.6. The van der Waals surface area contributed by atoms with Gasteiger partial charge in [-0.1, -0.05) is 26.7 Å². The summed E-state index contributed by atoms with van der Waals surface area (Å²) < 4.78 is 2.00. The van der Waals surface area contributed by atoms with Crippen LogP contribution in [0.3, 0.4) is 0 Å². The van der Waals surface area contributed by atoms with Crippen molar-refractivity contribution in [3.05, 3.63) is 12.2 Å². The molecule has 0 amide bonds. The van der Waals surface area contributed by atoms with Gasteiger partial charge in [0, 0.05) is 26.1 Å². The van der Waals surface area contributed by atoms with Gasteiger partial charge in [-0.15, -0.1) is 10.2 Å². The molecule has 1 N–H and O–H groups in total. The molecule has 0 aromatic carbocycles. The number of hydrogen-bond donors (Lipinski definition) is 1. The van der Waals surface area contributed by atoms with Crippen molar-refractivity contribution in [1.82, 2.24) is 20.1 Å². The molecule has 1 saturated carbocycles. The summed E-state index contributed by atoms with van der Waals surface area (Å²) in [7, 11) is 2.01. The first-order chi connectivity index (χ1) is 9.16. The van der Waals surface area contributed by atoms with Crippen molar-refractivity contribution in [3.8, 4) is 0 Å². The number of nitrogens with zero attached hydrogens (tertiary/aromatic N) is 3. The van der Waals surface area contributed by atoms with Gasteiger partial charge in [0.05, 0.1) is 0 Å². The van der Waals surface area contributed by atoms with Crippen molar-refractivity contribution in [2.45, 2.75) is 58.4 Å². The minimum absolute atomic E-state index is 0.706. The predicted molar refractivity (Wildman–Crippen MR) is 77.9 cm³/mol. The summed E-state index contributed by atoms with van der Waals surface area (Å²) >= 11 is 0. The SMILES string of the molecule is CC(C)C1CCCC(NCCc2nncn2C)CC1. The zero-order valence-corrected chi connectivity index (χ0v) is 12.6. The fourth-order valence-corrected chi connectivity index (χ4v) is 3.12. The Morgan fingerprint density at radius 3 is 2.84 bits per heavy atom. The molecule has 2 unspecified atom stereocenters. The Morgan fingerprint density at radius 1 is 1.32 bits per heavy atom. The summed E-state index contributed by atoms with van der Waals surface area (Å²) in [6.45, 7) is 5.75. The minimum Gasteiger partial charge on any atom is -0.321 e. The van der Waals surface area contributed by atoms with Crippen LogP contribution in [0.25, 0.3) is 0 Å². The van der Waals surface area contributed by atoms with Crippen LogP contribution >= 0.6 is 0 Å². The molecule has 0 spiro atoms. The zero-order chi connectivity index (χ0) is 13.7. The second kappa shape index (κ2) is 7.04. The topological polar surface area (TPSA) is 42.7 Å². The molecule has 0 radical (unpaired) electrons. The normalized spacial score (nSPS) is 24.6. The van der Waals surface area contributed by atoms with E-state index in [1.807, 2.05) is 11.6 Å². The van der Waals surface area contributed by atoms with Crippen LogP contribution in [0.5, 0.6) is 0 Å². The molecule has 1 aromatic rings. The number of nitrogens with one attached hydrogen (secondary N) is 1. The summed E-state index contributed by atoms with van der Waals surface area (Å²) in [4.78, 5) is 0. The van der Waals surface area contributed by atoms with Gasteiger partial charge >= 0.3 is 0 Å². The predicted octanol–water partition coefficient (Wildman–Crippen LogP) is 2.55. The van der Waals surface area contributed by atoms with Crippen LogP contribution in [0, 0.1) is 11.8 Å². The third-order valence-electron chi connectivity index (χ3n) is 4.54. The molecule has 19 heavy (non-hydrogen) atoms. The number of rotatable bonds is 5. The molecule has 1 aliphatic rings. The minimum atomic E-state index is 0.706. The molecular formula is C15H28N4. The molecule has 4 heteroatoms. The molecule has 108 valence electrons. The van der Waals surface area contributed by atoms with E-state index in [0.29, 0.717) is 6.04 Å². The lowest BCUT2D eigenvalue weighted by Gasteiger charge is -2.19. The number of hydrogen-bond acceptors (Lipinski definition) is 3. The van der Waals surface area contributed by atoms with E-state index in [1.165, 1.54) is 32.1 Å². The number of aromatic nitrogens is 3. The van der Waals surface area contributed by atoms with Gasteiger partial charge < -0.3 is 9.88 Å². The maximum absolute atomic E-state index is 4.13. The molecular weight excluding hydrogens is 236 g/mol. The van der Waals surface area contributed by atoms with Crippen LogP contribution in [0.1, 0.15) is 51.8 Å². The van der Waals surface area contributed by atoms with E-state index in [4.69, 9.17) is 0 Å². The van der Waals surface area contributed by atoms with Gasteiger partial charge in [-0.3, -0.25) is 0 Å². The third kappa shape index (κ3) is 4.30. The first-order valence-corrected chi connectivity index (χ1v) is 7.73. The Balaban J connectivity index is 1.70. The average Bonchev–Trinajstić information content (AvgIpc) is 2.65. The van der Waals surface area contributed by atoms with Crippen LogP contribution in [0.15, 0.2) is 6.33 Å². The lowest BCUT2D eigenvalue weighted by molar-refractivity contribution is 0.338. The third-order valence-corrected chi connectivity index (χ3v) is 4.54. The standard InChI is InChI=1S/C15H28N4/c1-12(2)13-5-4-6-14(8-7-13)16-10-9-15-18-17-11-19(15)3/h11-14,16H,4-10H2,1-3H3. The average molecular weight is 264 g/mol. The van der Waals surface area contributed by atoms with Gasteiger partial charge in [-0.05, 0) is 31.1 Å². The van der Waals surface area contributed by atoms with E-state index < -0.39 is 0 Å². The molecule has 4 nitrogen and oxygen atoms in total. The molecule has 2 atom stereocenters. The lowest BCUT2D eigenvalue weighted by atomic mass is 9.89. The molecule has 1 heterocycles. The Kier molecular flexibility index (Phi) is 5.37. The highest BCUT2D eigenvalue weighted by Crippen LogP contribution is 2.28. The summed E-state index contributed by atoms with van der Waals surface area (Å²) in [5.74, 6) is 2.85. The molecule has 0 bridgehead atoms. The van der Waals surface area contributed by atoms with E-state index in [-0.39, 0.29) is 0 Å². The maximum atomic E-state index is 4.13. The van der Waals surface area contributed by atoms with Gasteiger partial charge in [0.15, 0.2) is 0 Å². The van der Waals surface area contributed by atoms with Crippen LogP contribution in [-0.2, 0) is 13.5 Å². The van der Waals surface area contributed by atoms with E-state index in [2.05, 4.69) is 29.4 Å². The summed E-state index contributed by atoms with van der Waals surface area (Å²) in [5, 5.41) is 11.7. The molecule has 1 aromatic heterocycles. The van der Waals surface area contributed by atoms with E-state index in [9.17, 15) is 0 Å². The van der Waals surface area contributed by atoms with Crippen LogP contribution in [-0.4, -0.2) is 27.4 Å². The smallest absolute Gasteiger partial charge is 0.133 e. The largest absolute Gasteiger partial charge is 0.321 e. The fraction of sp³-hybridized carbons (Fsp3) is 0.867. The second-order valence-electron chi connectivity index (χ2n) is 6.27. The van der Waals surface area contributed by atoms with Crippen LogP contribution < -0.4 is 5.32 Å². The first-order valence-electron chi connectivity index (χ1n) is 7.73. The Labute approximate surface area is 117 Å². The summed E-state index contributed by atoms with van der Waals surface area (Å²) in [5.41, 5.74) is 0. The van der Waals surface area contributed by atoms with Crippen LogP contribution in [0.4, 0.5) is 0 Å². The van der Waals surface area contributed by atoms with Crippen molar-refractivity contribution >= 4 is 0 Å². The first kappa shape index (κ1) is 14.5. The Morgan fingerprint density at radius 2 is 2.16 bits per heavy atom. The summed E-state index contributed by atoms with van der Waals surface area (Å²) in [6.07, 6.45) is 9.60. The highest BCUT2D eigenvalue weighted by molar-refractivity contribution is 4.86. The quantitative estimate of drug-likeness (QED) is 0.831. The molecule has 1 aliphatic carbocycles. The maximum Gasteiger partial charge on any atom is 0.133 e. The highest BCUT2D eigenvalue weighted by atomic mass is 15.2. The second-order valence-corrected chi connectivity index (χ2v) is 6.27. The van der Waals surface area contributed by atoms with Crippen molar-refractivity contribution in [2.24, 2.45) is 18.9 Å². The van der Waals surface area contributed by atoms with Gasteiger partial charge in [0.25, 0.3) is 0 Å². The lowest BCUT2D eigenvalue weighted by Crippen LogP contribution is -2.30. The van der Waals surface area contributed by atoms with E-state index in [0.717, 1.165) is 30.6 Å². The van der Waals surface area contributed by atoms with Gasteiger partial charge in [-0.25, -0.2) is 0 Å². The van der Waals surface area contributed by atoms with Crippen LogP contribution in [0.2, 0.25) is 0 Å². The highest BCUT2D eigenvalue weighted by Gasteiger charge is 2.20. The van der Waals surface area contributed by atoms with Gasteiger partial charge in [0.1, 0.15) is 12.2 Å². The molecule has 0 saturated heterocycles. The monoisotopic (exact) mass is 264 g/mol. The Hall–Kier alpha value is -0.900. The van der Waals surface area contributed by atoms with E-state index in [1.54, 1.807) is 6.33 Å². The molecule has 0 aliphatic heterocycles. The fourth-order valence-electron chi connectivity index (χ4n) is 3.12. The number of aryl methyl sites for hydroxylation is 1. The van der Waals surface area contributed by atoms with Crippen molar-refractivity contribution in [1.29, 1.82) is 0 Å². The van der Waals surface area contributed by atoms with Crippen molar-refractivity contribution in [2.75, 3.05) is 6.54 Å². The summed E-state index contributed by atoms with van der Waals surface area (Å²) in [6, 6.07) is 0.706. The van der Waals surface area contributed by atoms with Crippen molar-refractivity contribution in [3.63, 3.8) is 0 Å².